The second-order valence-corrected chi connectivity index (χ2v) is 6.30. The summed E-state index contributed by atoms with van der Waals surface area (Å²) in [7, 11) is 0. The summed E-state index contributed by atoms with van der Waals surface area (Å²) in [4.78, 5) is 19.0. The van der Waals surface area contributed by atoms with Crippen LogP contribution in [0, 0.1) is 5.82 Å². The number of carbonyl (C=O) groups excluding carboxylic acids is 1. The Balaban J connectivity index is 1.82. The van der Waals surface area contributed by atoms with Crippen molar-refractivity contribution in [2.75, 3.05) is 4.90 Å². The number of amides is 1. The van der Waals surface area contributed by atoms with E-state index in [0.29, 0.717) is 5.96 Å². The maximum absolute atomic E-state index is 13.4. The molecule has 1 fully saturated rings. The Morgan fingerprint density at radius 2 is 1.52 bits per heavy atom. The van der Waals surface area contributed by atoms with Gasteiger partial charge in [0, 0.05) is 5.69 Å². The standard InChI is InChI=1S/C22H18FN3O/c23-17-13-11-16(12-14-17)20-15-21(27)25-22(24-18-7-3-1-4-8-18)26(20)19-9-5-2-6-10-19/h1-14,20H,15H2,(H,24,25,27)/t20-/m0/s1. The molecular weight excluding hydrogens is 341 g/mol. The molecule has 0 bridgehead atoms. The summed E-state index contributed by atoms with van der Waals surface area (Å²) in [5, 5.41) is 2.89. The van der Waals surface area contributed by atoms with E-state index in [9.17, 15) is 9.18 Å². The molecule has 4 rings (SSSR count). The lowest BCUT2D eigenvalue weighted by atomic mass is 9.99. The zero-order chi connectivity index (χ0) is 18.6. The van der Waals surface area contributed by atoms with Gasteiger partial charge in [-0.3, -0.25) is 10.1 Å². The van der Waals surface area contributed by atoms with Crippen LogP contribution in [0.5, 0.6) is 0 Å². The summed E-state index contributed by atoms with van der Waals surface area (Å²) in [6.45, 7) is 0. The molecule has 4 nitrogen and oxygen atoms in total. The lowest BCUT2D eigenvalue weighted by molar-refractivity contribution is -0.120. The Labute approximate surface area is 157 Å². The molecule has 0 radical (unpaired) electrons. The predicted octanol–water partition coefficient (Wildman–Crippen LogP) is 4.58. The first kappa shape index (κ1) is 17.0. The lowest BCUT2D eigenvalue weighted by Crippen LogP contribution is -2.52. The molecule has 1 amide bonds. The summed E-state index contributed by atoms with van der Waals surface area (Å²) >= 11 is 0. The quantitative estimate of drug-likeness (QED) is 0.744. The maximum atomic E-state index is 13.4. The van der Waals surface area contributed by atoms with Crippen molar-refractivity contribution < 1.29 is 9.18 Å². The predicted molar refractivity (Wildman–Crippen MR) is 104 cm³/mol. The number of halogens is 1. The zero-order valence-electron chi connectivity index (χ0n) is 14.5. The van der Waals surface area contributed by atoms with Crippen molar-refractivity contribution in [3.05, 3.63) is 96.3 Å². The van der Waals surface area contributed by atoms with Gasteiger partial charge in [0.15, 0.2) is 0 Å². The largest absolute Gasteiger partial charge is 0.304 e. The molecule has 134 valence electrons. The highest BCUT2D eigenvalue weighted by Gasteiger charge is 2.33. The molecule has 1 heterocycles. The minimum absolute atomic E-state index is 0.119. The number of nitrogens with zero attached hydrogens (tertiary/aromatic N) is 2. The van der Waals surface area contributed by atoms with Crippen molar-refractivity contribution in [3.63, 3.8) is 0 Å². The van der Waals surface area contributed by atoms with E-state index in [2.05, 4.69) is 10.3 Å². The van der Waals surface area contributed by atoms with E-state index >= 15 is 0 Å². The van der Waals surface area contributed by atoms with E-state index in [1.807, 2.05) is 65.6 Å². The molecule has 0 aromatic heterocycles. The first-order chi connectivity index (χ1) is 13.2. The third-order valence-corrected chi connectivity index (χ3v) is 4.45. The molecule has 1 aliphatic heterocycles. The van der Waals surface area contributed by atoms with Gasteiger partial charge < -0.3 is 4.90 Å². The van der Waals surface area contributed by atoms with Crippen LogP contribution in [-0.4, -0.2) is 11.9 Å². The van der Waals surface area contributed by atoms with Gasteiger partial charge in [0.05, 0.1) is 18.2 Å². The van der Waals surface area contributed by atoms with Gasteiger partial charge in [0.25, 0.3) is 0 Å². The smallest absolute Gasteiger partial charge is 0.229 e. The topological polar surface area (TPSA) is 44.7 Å². The molecule has 0 spiro atoms. The number of para-hydroxylation sites is 2. The van der Waals surface area contributed by atoms with Gasteiger partial charge in [-0.05, 0) is 42.0 Å². The molecule has 27 heavy (non-hydrogen) atoms. The van der Waals surface area contributed by atoms with Gasteiger partial charge in [0.1, 0.15) is 5.82 Å². The molecule has 0 saturated carbocycles. The number of aliphatic imine (C=N–C) groups is 1. The summed E-state index contributed by atoms with van der Waals surface area (Å²) in [5.41, 5.74) is 2.51. The van der Waals surface area contributed by atoms with Crippen molar-refractivity contribution in [2.24, 2.45) is 4.99 Å². The Hall–Kier alpha value is -3.47. The molecule has 1 saturated heterocycles. The molecule has 1 atom stereocenters. The fraction of sp³-hybridized carbons (Fsp3) is 0.0909. The van der Waals surface area contributed by atoms with Crippen molar-refractivity contribution in [1.29, 1.82) is 0 Å². The van der Waals surface area contributed by atoms with E-state index in [-0.39, 0.29) is 24.2 Å². The fourth-order valence-corrected chi connectivity index (χ4v) is 3.20. The minimum Gasteiger partial charge on any atom is -0.304 e. The molecule has 3 aromatic rings. The average Bonchev–Trinajstić information content (AvgIpc) is 2.69. The Bertz CT molecular complexity index is 956. The zero-order valence-corrected chi connectivity index (χ0v) is 14.5. The number of carbonyl (C=O) groups is 1. The Kier molecular flexibility index (Phi) is 4.66. The average molecular weight is 359 g/mol. The number of rotatable bonds is 3. The van der Waals surface area contributed by atoms with E-state index < -0.39 is 0 Å². The molecule has 5 heteroatoms. The number of hydrogen-bond donors (Lipinski definition) is 1. The summed E-state index contributed by atoms with van der Waals surface area (Å²) < 4.78 is 13.4. The first-order valence-electron chi connectivity index (χ1n) is 8.74. The van der Waals surface area contributed by atoms with Crippen LogP contribution < -0.4 is 10.2 Å². The van der Waals surface area contributed by atoms with Crippen LogP contribution in [0.25, 0.3) is 0 Å². The summed E-state index contributed by atoms with van der Waals surface area (Å²) in [5.74, 6) is 0.0348. The second-order valence-electron chi connectivity index (χ2n) is 6.30. The Morgan fingerprint density at radius 3 is 2.19 bits per heavy atom. The van der Waals surface area contributed by atoms with Crippen molar-refractivity contribution >= 4 is 23.2 Å². The SMILES string of the molecule is O=C1C[C@@H](c2ccc(F)cc2)N(c2ccccc2)C(=Nc2ccccc2)N1. The minimum atomic E-state index is -0.302. The van der Waals surface area contributed by atoms with E-state index in [0.717, 1.165) is 16.9 Å². The second kappa shape index (κ2) is 7.41. The van der Waals surface area contributed by atoms with Gasteiger partial charge in [-0.25, -0.2) is 9.38 Å². The van der Waals surface area contributed by atoms with Crippen LogP contribution in [0.2, 0.25) is 0 Å². The third-order valence-electron chi connectivity index (χ3n) is 4.45. The number of guanidine groups is 1. The molecule has 1 aliphatic rings. The first-order valence-corrected chi connectivity index (χ1v) is 8.74. The van der Waals surface area contributed by atoms with Crippen molar-refractivity contribution in [1.82, 2.24) is 5.32 Å². The molecule has 0 unspecified atom stereocenters. The van der Waals surface area contributed by atoms with Crippen molar-refractivity contribution in [3.8, 4) is 0 Å². The lowest BCUT2D eigenvalue weighted by Gasteiger charge is -2.38. The van der Waals surface area contributed by atoms with E-state index in [1.54, 1.807) is 12.1 Å². The number of hydrogen-bond acceptors (Lipinski definition) is 2. The number of nitrogens with one attached hydrogen (secondary N) is 1. The molecule has 0 aliphatic carbocycles. The number of benzene rings is 3. The van der Waals surface area contributed by atoms with Gasteiger partial charge in [0.2, 0.25) is 11.9 Å². The highest BCUT2D eigenvalue weighted by Crippen LogP contribution is 2.33. The molecule has 3 aromatic carbocycles. The van der Waals surface area contributed by atoms with Crippen LogP contribution in [0.4, 0.5) is 15.8 Å². The van der Waals surface area contributed by atoms with Crippen LogP contribution in [0.15, 0.2) is 89.9 Å². The van der Waals surface area contributed by atoms with Crippen LogP contribution >= 0.6 is 0 Å². The normalized spacial score (nSPS) is 18.4. The van der Waals surface area contributed by atoms with Crippen LogP contribution in [0.3, 0.4) is 0 Å². The summed E-state index contributed by atoms with van der Waals surface area (Å²) in [6.07, 6.45) is 0.258. The summed E-state index contributed by atoms with van der Waals surface area (Å²) in [6, 6.07) is 25.2. The third kappa shape index (κ3) is 3.72. The maximum Gasteiger partial charge on any atom is 0.229 e. The highest BCUT2D eigenvalue weighted by atomic mass is 19.1. The van der Waals surface area contributed by atoms with E-state index in [1.165, 1.54) is 12.1 Å². The molecular formula is C22H18FN3O. The monoisotopic (exact) mass is 359 g/mol. The van der Waals surface area contributed by atoms with Crippen molar-refractivity contribution in [2.45, 2.75) is 12.5 Å². The van der Waals surface area contributed by atoms with Gasteiger partial charge in [-0.1, -0.05) is 48.5 Å². The van der Waals surface area contributed by atoms with E-state index in [4.69, 9.17) is 0 Å². The van der Waals surface area contributed by atoms with Crippen LogP contribution in [-0.2, 0) is 4.79 Å². The van der Waals surface area contributed by atoms with Gasteiger partial charge >= 0.3 is 0 Å². The number of anilines is 1. The molecule has 1 N–H and O–H groups in total. The fourth-order valence-electron chi connectivity index (χ4n) is 3.20. The van der Waals surface area contributed by atoms with Gasteiger partial charge in [-0.2, -0.15) is 0 Å². The van der Waals surface area contributed by atoms with Crippen LogP contribution in [0.1, 0.15) is 18.0 Å². The Morgan fingerprint density at radius 1 is 0.889 bits per heavy atom. The van der Waals surface area contributed by atoms with Gasteiger partial charge in [-0.15, -0.1) is 0 Å². The highest BCUT2D eigenvalue weighted by molar-refractivity contribution is 6.10.